The Bertz CT molecular complexity index is 865. The topological polar surface area (TPSA) is 89.7 Å². The quantitative estimate of drug-likeness (QED) is 0.295. The van der Waals surface area contributed by atoms with E-state index in [0.717, 1.165) is 0 Å². The number of ether oxygens (including phenoxy) is 1. The first-order valence-electron chi connectivity index (χ1n) is 6.19. The second-order valence-electron chi connectivity index (χ2n) is 4.82. The van der Waals surface area contributed by atoms with Gasteiger partial charge in [-0.2, -0.15) is 48.3 Å². The van der Waals surface area contributed by atoms with Crippen molar-refractivity contribution in [3.8, 4) is 5.75 Å². The zero-order chi connectivity index (χ0) is 23.3. The molecular weight excluding hydrogens is 454 g/mol. The fourth-order valence-electron chi connectivity index (χ4n) is 1.64. The van der Waals surface area contributed by atoms with Crippen LogP contribution in [0.15, 0.2) is 0 Å². The highest BCUT2D eigenvalue weighted by molar-refractivity contribution is 5.93. The third-order valence-corrected chi connectivity index (χ3v) is 3.00. The number of carboxylic acid groups (broad SMARTS) is 1. The van der Waals surface area contributed by atoms with Crippen molar-refractivity contribution in [1.29, 1.82) is 0 Å². The molecule has 0 saturated heterocycles. The highest BCUT2D eigenvalue weighted by Crippen LogP contribution is 2.54. The molecule has 1 N–H and O–H groups in total. The zero-order valence-electron chi connectivity index (χ0n) is 12.6. The minimum absolute atomic E-state index is 2.08. The van der Waals surface area contributed by atoms with E-state index in [0.29, 0.717) is 0 Å². The van der Waals surface area contributed by atoms with Gasteiger partial charge in [0, 0.05) is 0 Å². The predicted octanol–water partition coefficient (Wildman–Crippen LogP) is 4.51. The standard InChI is InChI=1S/C11HF12NO5/c12-2-1(7(25)26)5(24(27)28)3(13)4(14)6(2)29-11(22,23)9(17,18)8(15,16)10(19,20)21/h(H,25,26). The van der Waals surface area contributed by atoms with Crippen molar-refractivity contribution in [2.45, 2.75) is 24.1 Å². The first-order valence-corrected chi connectivity index (χ1v) is 6.19. The average molecular weight is 455 g/mol. The highest BCUT2D eigenvalue weighted by Gasteiger charge is 2.83. The molecule has 1 aromatic rings. The third kappa shape index (κ3) is 3.57. The van der Waals surface area contributed by atoms with Crippen molar-refractivity contribution in [3.63, 3.8) is 0 Å². The monoisotopic (exact) mass is 455 g/mol. The maximum atomic E-state index is 13.8. The fraction of sp³-hybridized carbons (Fsp3) is 0.364. The van der Waals surface area contributed by atoms with Crippen LogP contribution in [0.1, 0.15) is 10.4 Å². The molecule has 0 aliphatic rings. The Kier molecular flexibility index (Phi) is 5.68. The molecule has 18 heteroatoms. The number of aromatic carboxylic acids is 1. The van der Waals surface area contributed by atoms with Crippen LogP contribution in [0.2, 0.25) is 0 Å². The Morgan fingerprint density at radius 3 is 1.66 bits per heavy atom. The van der Waals surface area contributed by atoms with E-state index in [-0.39, 0.29) is 0 Å². The number of halogens is 12. The van der Waals surface area contributed by atoms with Crippen LogP contribution in [0.4, 0.5) is 58.4 Å². The van der Waals surface area contributed by atoms with Crippen LogP contribution < -0.4 is 4.74 Å². The number of nitro groups is 1. The first-order chi connectivity index (χ1) is 12.7. The number of nitrogens with zero attached hydrogens (tertiary/aromatic N) is 1. The summed E-state index contributed by atoms with van der Waals surface area (Å²) in [5.41, 5.74) is -5.12. The molecule has 0 unspecified atom stereocenters. The number of benzene rings is 1. The second-order valence-corrected chi connectivity index (χ2v) is 4.82. The summed E-state index contributed by atoms with van der Waals surface area (Å²) in [5, 5.41) is 19.0. The SMILES string of the molecule is O=C(O)c1c(F)c(OC(F)(F)C(F)(F)C(F)(F)C(F)(F)F)c(F)c(F)c1[N+](=O)[O-]. The number of rotatable bonds is 6. The zero-order valence-corrected chi connectivity index (χ0v) is 12.6. The van der Waals surface area contributed by atoms with Crippen molar-refractivity contribution >= 4 is 11.7 Å². The lowest BCUT2D eigenvalue weighted by atomic mass is 10.1. The van der Waals surface area contributed by atoms with Gasteiger partial charge in [0.25, 0.3) is 0 Å². The van der Waals surface area contributed by atoms with Crippen LogP contribution in [0.3, 0.4) is 0 Å². The van der Waals surface area contributed by atoms with E-state index in [1.807, 2.05) is 0 Å². The van der Waals surface area contributed by atoms with Crippen molar-refractivity contribution in [2.75, 3.05) is 0 Å². The van der Waals surface area contributed by atoms with Crippen LogP contribution in [0.25, 0.3) is 0 Å². The van der Waals surface area contributed by atoms with Gasteiger partial charge in [0.2, 0.25) is 17.4 Å². The summed E-state index contributed by atoms with van der Waals surface area (Å²) in [7, 11) is 0. The number of carboxylic acids is 1. The normalized spacial score (nSPS) is 13.4. The Balaban J connectivity index is 3.74. The molecule has 0 fully saturated rings. The average Bonchev–Trinajstić information content (AvgIpc) is 2.52. The van der Waals surface area contributed by atoms with Gasteiger partial charge < -0.3 is 9.84 Å². The van der Waals surface area contributed by atoms with E-state index in [9.17, 15) is 67.6 Å². The maximum absolute atomic E-state index is 13.8. The molecule has 1 rings (SSSR count). The molecule has 164 valence electrons. The summed E-state index contributed by atoms with van der Waals surface area (Å²) in [6, 6.07) is 0. The van der Waals surface area contributed by atoms with Crippen molar-refractivity contribution < 1.29 is 72.2 Å². The van der Waals surface area contributed by atoms with Gasteiger partial charge in [0.05, 0.1) is 4.92 Å². The van der Waals surface area contributed by atoms with Gasteiger partial charge in [-0.1, -0.05) is 0 Å². The summed E-state index contributed by atoms with van der Waals surface area (Å²) in [6.07, 6.45) is -14.5. The van der Waals surface area contributed by atoms with Crippen LogP contribution in [-0.4, -0.2) is 40.1 Å². The van der Waals surface area contributed by atoms with E-state index >= 15 is 0 Å². The first kappa shape index (κ1) is 24.1. The van der Waals surface area contributed by atoms with Crippen LogP contribution in [-0.2, 0) is 0 Å². The Labute approximate surface area is 148 Å². The fourth-order valence-corrected chi connectivity index (χ4v) is 1.64. The number of hydrogen-bond acceptors (Lipinski definition) is 4. The molecule has 29 heavy (non-hydrogen) atoms. The lowest BCUT2D eigenvalue weighted by Crippen LogP contribution is -2.62. The predicted molar refractivity (Wildman–Crippen MR) is 61.5 cm³/mol. The lowest BCUT2D eigenvalue weighted by Gasteiger charge is -2.33. The van der Waals surface area contributed by atoms with Gasteiger partial charge in [0.15, 0.2) is 11.4 Å². The van der Waals surface area contributed by atoms with Crippen LogP contribution in [0.5, 0.6) is 5.75 Å². The summed E-state index contributed by atoms with van der Waals surface area (Å²) >= 11 is 0. The number of nitro benzene ring substituents is 1. The maximum Gasteiger partial charge on any atom is 0.471 e. The lowest BCUT2D eigenvalue weighted by molar-refractivity contribution is -0.429. The number of carbonyl (C=O) groups is 1. The highest BCUT2D eigenvalue weighted by atomic mass is 19.4. The van der Waals surface area contributed by atoms with Gasteiger partial charge in [-0.3, -0.25) is 10.1 Å². The molecule has 0 saturated carbocycles. The van der Waals surface area contributed by atoms with Crippen molar-refractivity contribution in [2.24, 2.45) is 0 Å². The summed E-state index contributed by atoms with van der Waals surface area (Å²) in [6.45, 7) is 0. The number of hydrogen-bond donors (Lipinski definition) is 1. The van der Waals surface area contributed by atoms with Gasteiger partial charge in [-0.25, -0.2) is 9.18 Å². The minimum atomic E-state index is -7.57. The third-order valence-electron chi connectivity index (χ3n) is 3.00. The summed E-state index contributed by atoms with van der Waals surface area (Å²) < 4.78 is 157. The van der Waals surface area contributed by atoms with E-state index < -0.39 is 69.5 Å². The van der Waals surface area contributed by atoms with Gasteiger partial charge in [0.1, 0.15) is 0 Å². The van der Waals surface area contributed by atoms with E-state index in [2.05, 4.69) is 4.74 Å². The molecule has 1 aromatic carbocycles. The van der Waals surface area contributed by atoms with Crippen molar-refractivity contribution in [1.82, 2.24) is 0 Å². The molecule has 0 bridgehead atoms. The van der Waals surface area contributed by atoms with Gasteiger partial charge in [-0.05, 0) is 0 Å². The Morgan fingerprint density at radius 1 is 0.862 bits per heavy atom. The molecule has 0 aromatic heterocycles. The molecular formula is C11HF12NO5. The number of alkyl halides is 9. The second kappa shape index (κ2) is 6.83. The minimum Gasteiger partial charge on any atom is -0.477 e. The van der Waals surface area contributed by atoms with Crippen LogP contribution in [0, 0.1) is 27.6 Å². The molecule has 0 aliphatic heterocycles. The molecule has 0 heterocycles. The largest absolute Gasteiger partial charge is 0.477 e. The molecule has 0 aliphatic carbocycles. The van der Waals surface area contributed by atoms with Gasteiger partial charge >= 0.3 is 35.8 Å². The Hall–Kier alpha value is -2.95. The van der Waals surface area contributed by atoms with E-state index in [1.54, 1.807) is 0 Å². The van der Waals surface area contributed by atoms with Crippen molar-refractivity contribution in [3.05, 3.63) is 33.1 Å². The van der Waals surface area contributed by atoms with E-state index in [4.69, 9.17) is 5.11 Å². The smallest absolute Gasteiger partial charge is 0.471 e. The molecule has 6 nitrogen and oxygen atoms in total. The summed E-state index contributed by atoms with van der Waals surface area (Å²) in [4.78, 5) is 19.1. The molecule has 0 radical (unpaired) electrons. The summed E-state index contributed by atoms with van der Waals surface area (Å²) in [5.74, 6) is -30.8. The Morgan fingerprint density at radius 2 is 1.31 bits per heavy atom. The van der Waals surface area contributed by atoms with Crippen LogP contribution >= 0.6 is 0 Å². The molecule has 0 spiro atoms. The molecule has 0 atom stereocenters. The molecule has 0 amide bonds. The van der Waals surface area contributed by atoms with Gasteiger partial charge in [-0.15, -0.1) is 0 Å². The van der Waals surface area contributed by atoms with E-state index in [1.165, 1.54) is 0 Å².